The van der Waals surface area contributed by atoms with Crippen LogP contribution in [0, 0.1) is 13.8 Å². The molecule has 0 aliphatic carbocycles. The molecule has 0 saturated carbocycles. The van der Waals surface area contributed by atoms with Gasteiger partial charge < -0.3 is 0 Å². The third kappa shape index (κ3) is 2.70. The van der Waals surface area contributed by atoms with Crippen LogP contribution < -0.4 is 4.72 Å². The average molecular weight is 320 g/mol. The molecule has 0 fully saturated rings. The lowest BCUT2D eigenvalue weighted by Crippen LogP contribution is -2.15. The van der Waals surface area contributed by atoms with Gasteiger partial charge in [0.2, 0.25) is 0 Å². The highest BCUT2D eigenvalue weighted by molar-refractivity contribution is 7.93. The number of anilines is 1. The van der Waals surface area contributed by atoms with Crippen LogP contribution in [0.1, 0.15) is 11.1 Å². The molecule has 0 saturated heterocycles. The molecule has 0 aliphatic rings. The molecule has 102 valence electrons. The van der Waals surface area contributed by atoms with Gasteiger partial charge in [-0.15, -0.1) is 0 Å². The Hall–Kier alpha value is -1.24. The van der Waals surface area contributed by atoms with Gasteiger partial charge in [-0.2, -0.15) is 5.10 Å². The lowest BCUT2D eigenvalue weighted by molar-refractivity contribution is 0.600. The van der Waals surface area contributed by atoms with Crippen LogP contribution in [0.3, 0.4) is 0 Å². The van der Waals surface area contributed by atoms with Crippen molar-refractivity contribution in [3.63, 3.8) is 0 Å². The molecule has 0 unspecified atom stereocenters. The average Bonchev–Trinajstić information content (AvgIpc) is 2.78. The van der Waals surface area contributed by atoms with E-state index in [9.17, 15) is 8.42 Å². The molecule has 0 spiro atoms. The number of hydrogen-bond donors (Lipinski definition) is 2. The number of benzene rings is 1. The fourth-order valence-corrected chi connectivity index (χ4v) is 3.90. The lowest BCUT2D eigenvalue weighted by atomic mass is 10.2. The molecule has 2 rings (SSSR count). The normalized spacial score (nSPS) is 11.6. The summed E-state index contributed by atoms with van der Waals surface area (Å²) in [6.07, 6.45) is 2.79. The van der Waals surface area contributed by atoms with E-state index in [4.69, 9.17) is 23.2 Å². The van der Waals surface area contributed by atoms with Gasteiger partial charge in [0.15, 0.2) is 0 Å². The second-order valence-corrected chi connectivity index (χ2v) is 6.44. The number of sulfonamides is 1. The molecule has 0 atom stereocenters. The highest BCUT2D eigenvalue weighted by Gasteiger charge is 2.24. The summed E-state index contributed by atoms with van der Waals surface area (Å²) in [4.78, 5) is -0.0135. The molecule has 0 bridgehead atoms. The van der Waals surface area contributed by atoms with E-state index in [2.05, 4.69) is 14.9 Å². The maximum Gasteiger partial charge on any atom is 0.263 e. The number of aryl methyl sites for hydroxylation is 1. The zero-order chi connectivity index (χ0) is 14.2. The first-order valence-corrected chi connectivity index (χ1v) is 7.53. The van der Waals surface area contributed by atoms with Crippen LogP contribution in [0.25, 0.3) is 0 Å². The van der Waals surface area contributed by atoms with Crippen LogP contribution in [0.4, 0.5) is 5.69 Å². The van der Waals surface area contributed by atoms with Crippen molar-refractivity contribution in [3.05, 3.63) is 39.6 Å². The van der Waals surface area contributed by atoms with Gasteiger partial charge in [-0.05, 0) is 31.0 Å². The highest BCUT2D eigenvalue weighted by Crippen LogP contribution is 2.34. The van der Waals surface area contributed by atoms with Crippen molar-refractivity contribution in [1.29, 1.82) is 0 Å². The Kier molecular flexibility index (Phi) is 3.75. The predicted octanol–water partition coefficient (Wildman–Crippen LogP) is 3.13. The number of nitrogens with zero attached hydrogens (tertiary/aromatic N) is 1. The molecule has 0 radical (unpaired) electrons. The summed E-state index contributed by atoms with van der Waals surface area (Å²) in [6.45, 7) is 3.31. The molecule has 8 heteroatoms. The highest BCUT2D eigenvalue weighted by atomic mass is 35.5. The minimum Gasteiger partial charge on any atom is -0.284 e. The lowest BCUT2D eigenvalue weighted by Gasteiger charge is -2.13. The minimum absolute atomic E-state index is 0.0135. The fraction of sp³-hybridized carbons (Fsp3) is 0.182. The van der Waals surface area contributed by atoms with Crippen LogP contribution >= 0.6 is 23.2 Å². The summed E-state index contributed by atoms with van der Waals surface area (Å²) in [5, 5.41) is 6.71. The number of rotatable bonds is 3. The first-order chi connectivity index (χ1) is 8.83. The largest absolute Gasteiger partial charge is 0.284 e. The zero-order valence-corrected chi connectivity index (χ0v) is 12.5. The maximum atomic E-state index is 12.3. The molecule has 0 aliphatic heterocycles. The van der Waals surface area contributed by atoms with E-state index in [-0.39, 0.29) is 9.92 Å². The van der Waals surface area contributed by atoms with E-state index in [1.807, 2.05) is 0 Å². The SMILES string of the molecule is Cc1cc(Cl)c(C)c(S(=O)(=O)Nc2cn[nH]c2)c1Cl. The van der Waals surface area contributed by atoms with Crippen molar-refractivity contribution < 1.29 is 8.42 Å². The van der Waals surface area contributed by atoms with Gasteiger partial charge in [-0.3, -0.25) is 9.82 Å². The predicted molar refractivity (Wildman–Crippen MR) is 75.3 cm³/mol. The standard InChI is InChI=1S/C11H11Cl2N3O2S/c1-6-3-9(12)7(2)11(10(6)13)19(17,18)16-8-4-14-15-5-8/h3-5,16H,1-2H3,(H,14,15). The molecule has 2 aromatic rings. The second-order valence-electron chi connectivity index (χ2n) is 4.04. The van der Waals surface area contributed by atoms with E-state index >= 15 is 0 Å². The quantitative estimate of drug-likeness (QED) is 0.912. The van der Waals surface area contributed by atoms with Crippen molar-refractivity contribution in [2.75, 3.05) is 4.72 Å². The third-order valence-corrected chi connectivity index (χ3v) is 5.15. The van der Waals surface area contributed by atoms with Crippen molar-refractivity contribution in [1.82, 2.24) is 10.2 Å². The molecular formula is C11H11Cl2N3O2S. The van der Waals surface area contributed by atoms with Crippen LogP contribution in [0.15, 0.2) is 23.4 Å². The summed E-state index contributed by atoms with van der Waals surface area (Å²) < 4.78 is 27.1. The van der Waals surface area contributed by atoms with E-state index < -0.39 is 10.0 Å². The van der Waals surface area contributed by atoms with Crippen molar-refractivity contribution in [3.8, 4) is 0 Å². The Balaban J connectivity index is 2.58. The Morgan fingerprint density at radius 3 is 2.58 bits per heavy atom. The molecule has 19 heavy (non-hydrogen) atoms. The monoisotopic (exact) mass is 319 g/mol. The molecule has 5 nitrogen and oxygen atoms in total. The number of H-pyrrole nitrogens is 1. The van der Waals surface area contributed by atoms with Crippen LogP contribution in [-0.4, -0.2) is 18.6 Å². The van der Waals surface area contributed by atoms with Gasteiger partial charge in [0.05, 0.1) is 16.9 Å². The number of aromatic nitrogens is 2. The van der Waals surface area contributed by atoms with Crippen molar-refractivity contribution in [2.24, 2.45) is 0 Å². The molecule has 2 N–H and O–H groups in total. The van der Waals surface area contributed by atoms with Crippen LogP contribution in [-0.2, 0) is 10.0 Å². The van der Waals surface area contributed by atoms with Crippen LogP contribution in [0.5, 0.6) is 0 Å². The van der Waals surface area contributed by atoms with E-state index in [1.165, 1.54) is 12.4 Å². The first-order valence-electron chi connectivity index (χ1n) is 5.29. The molecule has 1 aromatic heterocycles. The summed E-state index contributed by atoms with van der Waals surface area (Å²) in [6, 6.07) is 1.64. The van der Waals surface area contributed by atoms with Gasteiger partial charge in [0, 0.05) is 11.2 Å². The van der Waals surface area contributed by atoms with Gasteiger partial charge in [-0.1, -0.05) is 23.2 Å². The van der Waals surface area contributed by atoms with Crippen molar-refractivity contribution in [2.45, 2.75) is 18.7 Å². The Morgan fingerprint density at radius 2 is 2.00 bits per heavy atom. The Bertz CT molecular complexity index is 686. The zero-order valence-electron chi connectivity index (χ0n) is 10.2. The fourth-order valence-electron chi connectivity index (χ4n) is 1.65. The summed E-state index contributed by atoms with van der Waals surface area (Å²) in [5.41, 5.74) is 1.34. The van der Waals surface area contributed by atoms with Crippen molar-refractivity contribution >= 4 is 38.9 Å². The maximum absolute atomic E-state index is 12.3. The smallest absolute Gasteiger partial charge is 0.263 e. The van der Waals surface area contributed by atoms with E-state index in [1.54, 1.807) is 19.9 Å². The third-order valence-electron chi connectivity index (χ3n) is 2.61. The van der Waals surface area contributed by atoms with Gasteiger partial charge in [-0.25, -0.2) is 8.42 Å². The molecule has 1 aromatic carbocycles. The number of halogens is 2. The second kappa shape index (κ2) is 5.03. The first kappa shape index (κ1) is 14.2. The Morgan fingerprint density at radius 1 is 1.32 bits per heavy atom. The van der Waals surface area contributed by atoms with E-state index in [0.29, 0.717) is 21.8 Å². The Labute approximate surface area is 121 Å². The summed E-state index contributed by atoms with van der Waals surface area (Å²) >= 11 is 12.1. The minimum atomic E-state index is -3.82. The summed E-state index contributed by atoms with van der Waals surface area (Å²) in [7, 11) is -3.82. The molecule has 1 heterocycles. The summed E-state index contributed by atoms with van der Waals surface area (Å²) in [5.74, 6) is 0. The van der Waals surface area contributed by atoms with Crippen LogP contribution in [0.2, 0.25) is 10.0 Å². The van der Waals surface area contributed by atoms with E-state index in [0.717, 1.165) is 0 Å². The topological polar surface area (TPSA) is 74.8 Å². The molecular weight excluding hydrogens is 309 g/mol. The van der Waals surface area contributed by atoms with Gasteiger partial charge in [0.1, 0.15) is 4.90 Å². The number of aromatic amines is 1. The number of hydrogen-bond acceptors (Lipinski definition) is 3. The van der Waals surface area contributed by atoms with Gasteiger partial charge >= 0.3 is 0 Å². The van der Waals surface area contributed by atoms with Gasteiger partial charge in [0.25, 0.3) is 10.0 Å². The molecule has 0 amide bonds. The number of nitrogens with one attached hydrogen (secondary N) is 2.